The minimum absolute atomic E-state index is 0.0310. The zero-order valence-electron chi connectivity index (χ0n) is 10.9. The van der Waals surface area contributed by atoms with Crippen LogP contribution >= 0.6 is 15.9 Å². The molecule has 0 fully saturated rings. The quantitative estimate of drug-likeness (QED) is 0.917. The summed E-state index contributed by atoms with van der Waals surface area (Å²) in [6, 6.07) is 5.67. The summed E-state index contributed by atoms with van der Waals surface area (Å²) in [4.78, 5) is 11.4. The number of rotatable bonds is 3. The third kappa shape index (κ3) is 2.56. The van der Waals surface area contributed by atoms with Crippen LogP contribution in [0.2, 0.25) is 0 Å². The average Bonchev–Trinajstić information content (AvgIpc) is 2.73. The third-order valence-corrected chi connectivity index (χ3v) is 3.49. The molecule has 0 aliphatic rings. The molecule has 0 bridgehead atoms. The van der Waals surface area contributed by atoms with Crippen LogP contribution in [-0.2, 0) is 0 Å². The van der Waals surface area contributed by atoms with Crippen LogP contribution in [0.4, 0.5) is 0 Å². The lowest BCUT2D eigenvalue weighted by Gasteiger charge is -2.04. The second kappa shape index (κ2) is 5.17. The van der Waals surface area contributed by atoms with Crippen LogP contribution in [0.25, 0.3) is 11.3 Å². The molecule has 0 amide bonds. The maximum atomic E-state index is 11.4. The van der Waals surface area contributed by atoms with Crippen LogP contribution in [-0.4, -0.2) is 16.2 Å². The monoisotopic (exact) mass is 323 g/mol. The number of carbonyl (C=O) groups is 1. The minimum Gasteiger partial charge on any atom is -0.477 e. The van der Waals surface area contributed by atoms with Crippen LogP contribution in [0.3, 0.4) is 0 Å². The number of nitrogens with zero attached hydrogens (tertiary/aromatic N) is 1. The standard InChI is InChI=1S/C14H14BrNO3/c1-7(2)13-11(14(17)18)12(16-19-13)9-5-4-8(3)6-10(9)15/h4-7H,1-3H3,(H,17,18). The lowest BCUT2D eigenvalue weighted by atomic mass is 10.0. The number of aryl methyl sites for hydroxylation is 1. The summed E-state index contributed by atoms with van der Waals surface area (Å²) in [6.45, 7) is 5.72. The lowest BCUT2D eigenvalue weighted by Crippen LogP contribution is -2.02. The Morgan fingerprint density at radius 1 is 1.42 bits per heavy atom. The molecule has 0 radical (unpaired) electrons. The highest BCUT2D eigenvalue weighted by Crippen LogP contribution is 2.34. The Kier molecular flexibility index (Phi) is 3.75. The Morgan fingerprint density at radius 2 is 2.11 bits per heavy atom. The molecule has 2 rings (SSSR count). The first-order chi connectivity index (χ1) is 8.91. The van der Waals surface area contributed by atoms with Gasteiger partial charge in [-0.05, 0) is 18.6 Å². The van der Waals surface area contributed by atoms with Crippen LogP contribution < -0.4 is 0 Å². The van der Waals surface area contributed by atoms with E-state index in [1.165, 1.54) is 0 Å². The number of aromatic nitrogens is 1. The number of carboxylic acid groups (broad SMARTS) is 1. The average molecular weight is 324 g/mol. The Labute approximate surface area is 119 Å². The van der Waals surface area contributed by atoms with E-state index in [0.717, 1.165) is 15.6 Å². The van der Waals surface area contributed by atoms with E-state index in [2.05, 4.69) is 21.1 Å². The van der Waals surface area contributed by atoms with Crippen molar-refractivity contribution in [2.45, 2.75) is 26.7 Å². The molecule has 100 valence electrons. The van der Waals surface area contributed by atoms with E-state index in [0.29, 0.717) is 11.5 Å². The third-order valence-electron chi connectivity index (χ3n) is 2.84. The molecule has 1 heterocycles. The van der Waals surface area contributed by atoms with Crippen molar-refractivity contribution < 1.29 is 14.4 Å². The van der Waals surface area contributed by atoms with Gasteiger partial charge in [-0.3, -0.25) is 0 Å². The first-order valence-electron chi connectivity index (χ1n) is 5.91. The van der Waals surface area contributed by atoms with E-state index in [9.17, 15) is 9.90 Å². The highest BCUT2D eigenvalue weighted by molar-refractivity contribution is 9.10. The van der Waals surface area contributed by atoms with Crippen molar-refractivity contribution in [3.05, 3.63) is 39.6 Å². The molecule has 19 heavy (non-hydrogen) atoms. The molecule has 0 unspecified atom stereocenters. The SMILES string of the molecule is Cc1ccc(-c2noc(C(C)C)c2C(=O)O)c(Br)c1. The van der Waals surface area contributed by atoms with E-state index in [1.54, 1.807) is 0 Å². The first-order valence-corrected chi connectivity index (χ1v) is 6.70. The van der Waals surface area contributed by atoms with E-state index in [4.69, 9.17) is 4.52 Å². The summed E-state index contributed by atoms with van der Waals surface area (Å²) in [5.41, 5.74) is 2.31. The fourth-order valence-corrected chi connectivity index (χ4v) is 2.58. The van der Waals surface area contributed by atoms with Gasteiger partial charge in [0.25, 0.3) is 0 Å². The summed E-state index contributed by atoms with van der Waals surface area (Å²) in [5.74, 6) is -0.654. The first kappa shape index (κ1) is 13.8. The largest absolute Gasteiger partial charge is 0.477 e. The molecular formula is C14H14BrNO3. The zero-order chi connectivity index (χ0) is 14.2. The molecule has 0 aliphatic carbocycles. The van der Waals surface area contributed by atoms with Gasteiger partial charge in [-0.25, -0.2) is 4.79 Å². The summed E-state index contributed by atoms with van der Waals surface area (Å²) in [6.07, 6.45) is 0. The molecule has 1 N–H and O–H groups in total. The number of carboxylic acids is 1. The maximum absolute atomic E-state index is 11.4. The minimum atomic E-state index is -1.02. The summed E-state index contributed by atoms with van der Waals surface area (Å²) >= 11 is 3.44. The van der Waals surface area contributed by atoms with Gasteiger partial charge < -0.3 is 9.63 Å². The Hall–Kier alpha value is -1.62. The fourth-order valence-electron chi connectivity index (χ4n) is 1.90. The smallest absolute Gasteiger partial charge is 0.341 e. The lowest BCUT2D eigenvalue weighted by molar-refractivity contribution is 0.0694. The van der Waals surface area contributed by atoms with E-state index in [-0.39, 0.29) is 11.5 Å². The zero-order valence-corrected chi connectivity index (χ0v) is 12.5. The van der Waals surface area contributed by atoms with Crippen LogP contribution in [0.1, 0.15) is 41.4 Å². The van der Waals surface area contributed by atoms with Gasteiger partial charge in [0.15, 0.2) is 5.76 Å². The molecule has 2 aromatic rings. The number of aromatic carboxylic acids is 1. The number of hydrogen-bond acceptors (Lipinski definition) is 3. The van der Waals surface area contributed by atoms with Crippen LogP contribution in [0.5, 0.6) is 0 Å². The summed E-state index contributed by atoms with van der Waals surface area (Å²) in [7, 11) is 0. The van der Waals surface area contributed by atoms with Crippen LogP contribution in [0, 0.1) is 6.92 Å². The van der Waals surface area contributed by atoms with Crippen molar-refractivity contribution in [3.8, 4) is 11.3 Å². The molecule has 0 atom stereocenters. The van der Waals surface area contributed by atoms with Gasteiger partial charge in [-0.2, -0.15) is 0 Å². The van der Waals surface area contributed by atoms with Crippen molar-refractivity contribution in [1.29, 1.82) is 0 Å². The van der Waals surface area contributed by atoms with Crippen molar-refractivity contribution >= 4 is 21.9 Å². The van der Waals surface area contributed by atoms with Gasteiger partial charge in [-0.1, -0.05) is 47.1 Å². The number of hydrogen-bond donors (Lipinski definition) is 1. The molecule has 1 aromatic heterocycles. The molecule has 0 saturated carbocycles. The highest BCUT2D eigenvalue weighted by atomic mass is 79.9. The summed E-state index contributed by atoms with van der Waals surface area (Å²) < 4.78 is 6.01. The fraction of sp³-hybridized carbons (Fsp3) is 0.286. The van der Waals surface area contributed by atoms with Crippen molar-refractivity contribution in [3.63, 3.8) is 0 Å². The Balaban J connectivity index is 2.66. The second-order valence-corrected chi connectivity index (χ2v) is 5.57. The molecule has 1 aromatic carbocycles. The molecular weight excluding hydrogens is 310 g/mol. The summed E-state index contributed by atoms with van der Waals surface area (Å²) in [5, 5.41) is 13.3. The molecule has 0 saturated heterocycles. The van der Waals surface area contributed by atoms with Gasteiger partial charge in [0.05, 0.1) is 0 Å². The van der Waals surface area contributed by atoms with Gasteiger partial charge in [0.1, 0.15) is 11.3 Å². The van der Waals surface area contributed by atoms with E-state index in [1.807, 2.05) is 39.0 Å². The predicted molar refractivity (Wildman–Crippen MR) is 75.4 cm³/mol. The van der Waals surface area contributed by atoms with Gasteiger partial charge in [0, 0.05) is 16.0 Å². The van der Waals surface area contributed by atoms with Gasteiger partial charge >= 0.3 is 5.97 Å². The van der Waals surface area contributed by atoms with Gasteiger partial charge in [-0.15, -0.1) is 0 Å². The molecule has 5 heteroatoms. The van der Waals surface area contributed by atoms with Gasteiger partial charge in [0.2, 0.25) is 0 Å². The van der Waals surface area contributed by atoms with Crippen molar-refractivity contribution in [2.75, 3.05) is 0 Å². The number of halogens is 1. The van der Waals surface area contributed by atoms with E-state index >= 15 is 0 Å². The molecule has 0 aliphatic heterocycles. The van der Waals surface area contributed by atoms with Crippen LogP contribution in [0.15, 0.2) is 27.2 Å². The Morgan fingerprint density at radius 3 is 2.63 bits per heavy atom. The van der Waals surface area contributed by atoms with E-state index < -0.39 is 5.97 Å². The molecule has 4 nitrogen and oxygen atoms in total. The van der Waals surface area contributed by atoms with Crippen molar-refractivity contribution in [2.24, 2.45) is 0 Å². The normalized spacial score (nSPS) is 11.0. The topological polar surface area (TPSA) is 63.3 Å². The Bertz CT molecular complexity index is 632. The predicted octanol–water partition coefficient (Wildman–Crippen LogP) is 4.23. The highest BCUT2D eigenvalue weighted by Gasteiger charge is 2.26. The second-order valence-electron chi connectivity index (χ2n) is 4.71. The molecule has 0 spiro atoms. The number of benzene rings is 1. The maximum Gasteiger partial charge on any atom is 0.341 e. The van der Waals surface area contributed by atoms with Crippen molar-refractivity contribution in [1.82, 2.24) is 5.16 Å².